The molecule has 22 nitrogen and oxygen atoms in total. The van der Waals surface area contributed by atoms with Crippen LogP contribution in [0.25, 0.3) is 0 Å². The highest BCUT2D eigenvalue weighted by molar-refractivity contribution is 5.66. The molecular weight excluding hydrogens is 444 g/mol. The Kier molecular flexibility index (Phi) is 4.94. The maximum Gasteiger partial charge on any atom is 0.443 e. The highest BCUT2D eigenvalue weighted by Crippen LogP contribution is 2.32. The Morgan fingerprint density at radius 2 is 1.03 bits per heavy atom. The van der Waals surface area contributed by atoms with E-state index >= 15 is 0 Å². The second-order valence-electron chi connectivity index (χ2n) is 5.87. The molecule has 0 spiro atoms. The van der Waals surface area contributed by atoms with Gasteiger partial charge in [0.15, 0.2) is 34.9 Å². The molecule has 0 amide bonds. The molecule has 3 aromatic rings. The van der Waals surface area contributed by atoms with Gasteiger partial charge in [-0.1, -0.05) is 0 Å². The number of nitrogens with two attached hydrogens (primary N) is 3. The molecule has 0 aliphatic heterocycles. The summed E-state index contributed by atoms with van der Waals surface area (Å²) in [6.07, 6.45) is 0. The monoisotopic (exact) mass is 454 g/mol. The van der Waals surface area contributed by atoms with E-state index in [-0.39, 0.29) is 11.6 Å². The number of hydrogen-bond donors (Lipinski definition) is 3. The van der Waals surface area contributed by atoms with Gasteiger partial charge in [-0.05, 0) is 29.1 Å². The predicted molar refractivity (Wildman–Crippen MR) is 98.3 cm³/mol. The first-order valence-corrected chi connectivity index (χ1v) is 7.92. The van der Waals surface area contributed by atoms with E-state index in [1.807, 2.05) is 0 Å². The molecule has 168 valence electrons. The third-order valence-corrected chi connectivity index (χ3v) is 3.99. The van der Waals surface area contributed by atoms with Crippen molar-refractivity contribution in [2.45, 2.75) is 13.1 Å². The van der Waals surface area contributed by atoms with Gasteiger partial charge in [0.25, 0.3) is 0 Å². The molecule has 3 heterocycles. The summed E-state index contributed by atoms with van der Waals surface area (Å²) < 4.78 is 1.86. The zero-order valence-electron chi connectivity index (χ0n) is 15.3. The van der Waals surface area contributed by atoms with Crippen LogP contribution in [-0.4, -0.2) is 54.1 Å². The van der Waals surface area contributed by atoms with Crippen molar-refractivity contribution in [1.82, 2.24) is 34.4 Å². The first kappa shape index (κ1) is 21.3. The molecule has 0 aromatic carbocycles. The van der Waals surface area contributed by atoms with Gasteiger partial charge in [-0.2, -0.15) is 0 Å². The summed E-state index contributed by atoms with van der Waals surface area (Å²) in [7, 11) is 0. The molecule has 0 saturated carbocycles. The second kappa shape index (κ2) is 7.43. The number of nitrogen functional groups attached to an aromatic ring is 3. The molecule has 0 atom stereocenters. The lowest BCUT2D eigenvalue weighted by Gasteiger charge is -2.00. The van der Waals surface area contributed by atoms with Gasteiger partial charge in [0.2, 0.25) is 11.4 Å². The topological polar surface area (TPSA) is 317 Å². The fourth-order valence-corrected chi connectivity index (χ4v) is 2.63. The zero-order chi connectivity index (χ0) is 23.9. The predicted octanol–water partition coefficient (Wildman–Crippen LogP) is -1.72. The molecule has 0 aliphatic carbocycles. The molecule has 3 aromatic heterocycles. The smallest absolute Gasteiger partial charge is 0.385 e. The van der Waals surface area contributed by atoms with Crippen LogP contribution in [-0.2, 0) is 13.1 Å². The van der Waals surface area contributed by atoms with Gasteiger partial charge in [0.05, 0.1) is 0 Å². The Morgan fingerprint density at radius 1 is 0.688 bits per heavy atom. The van der Waals surface area contributed by atoms with Crippen LogP contribution in [0.4, 0.5) is 34.6 Å². The largest absolute Gasteiger partial charge is 0.443 e. The molecule has 0 fully saturated rings. The number of nitro groups is 4. The molecule has 22 heteroatoms. The second-order valence-corrected chi connectivity index (χ2v) is 5.87. The van der Waals surface area contributed by atoms with E-state index in [1.54, 1.807) is 0 Å². The normalized spacial score (nSPS) is 10.9. The Hall–Kier alpha value is -5.44. The summed E-state index contributed by atoms with van der Waals surface area (Å²) in [5.41, 5.74) is 9.23. The molecule has 0 aliphatic rings. The molecule has 0 bridgehead atoms. The Morgan fingerprint density at radius 3 is 1.31 bits per heavy atom. The van der Waals surface area contributed by atoms with Crippen molar-refractivity contribution in [3.05, 3.63) is 52.1 Å². The molecule has 6 N–H and O–H groups in total. The maximum absolute atomic E-state index is 11.2. The minimum Gasteiger partial charge on any atom is -0.385 e. The lowest BCUT2D eigenvalue weighted by Crippen LogP contribution is -2.21. The Bertz CT molecular complexity index is 1190. The summed E-state index contributed by atoms with van der Waals surface area (Å²) in [6.45, 7) is -1.19. The number of nitrogens with zero attached hydrogens (tertiary/aromatic N) is 11. The average molecular weight is 454 g/mol. The summed E-state index contributed by atoms with van der Waals surface area (Å²) in [5, 5.41) is 58.5. The van der Waals surface area contributed by atoms with Gasteiger partial charge in [-0.3, -0.25) is 0 Å². The first-order chi connectivity index (χ1) is 14.9. The Labute approximate surface area is 172 Å². The van der Waals surface area contributed by atoms with Gasteiger partial charge in [0.1, 0.15) is 0 Å². The summed E-state index contributed by atoms with van der Waals surface area (Å²) >= 11 is 0. The van der Waals surface area contributed by atoms with Crippen LogP contribution in [0.5, 0.6) is 0 Å². The lowest BCUT2D eigenvalue weighted by molar-refractivity contribution is -0.393. The van der Waals surface area contributed by atoms with E-state index in [1.165, 1.54) is 0 Å². The Balaban J connectivity index is 1.98. The maximum atomic E-state index is 11.2. The first-order valence-electron chi connectivity index (χ1n) is 7.92. The fourth-order valence-electron chi connectivity index (χ4n) is 2.63. The molecule has 32 heavy (non-hydrogen) atoms. The summed E-state index contributed by atoms with van der Waals surface area (Å²) in [6, 6.07) is 0. The van der Waals surface area contributed by atoms with E-state index in [4.69, 9.17) is 17.3 Å². The highest BCUT2D eigenvalue weighted by atomic mass is 16.6. The zero-order valence-corrected chi connectivity index (χ0v) is 15.3. The van der Waals surface area contributed by atoms with E-state index in [0.29, 0.717) is 9.36 Å². The van der Waals surface area contributed by atoms with Crippen molar-refractivity contribution < 1.29 is 19.7 Å². The molecule has 0 radical (unpaired) electrons. The lowest BCUT2D eigenvalue weighted by atomic mass is 10.4. The third kappa shape index (κ3) is 3.37. The van der Waals surface area contributed by atoms with Gasteiger partial charge in [-0.15, -0.1) is 10.2 Å². The molecule has 0 saturated heterocycles. The third-order valence-electron chi connectivity index (χ3n) is 3.99. The SMILES string of the molecule is Nc1c([N+](=O)[O-])nn(Cc2nnc(Cn3nc([N+](=O)[O-])c(N)c3[N+](=O)[O-])n2N)c1[N+](=O)[O-]. The van der Waals surface area contributed by atoms with Crippen LogP contribution >= 0.6 is 0 Å². The van der Waals surface area contributed by atoms with Crippen molar-refractivity contribution >= 4 is 34.6 Å². The van der Waals surface area contributed by atoms with Gasteiger partial charge in [-0.25, -0.2) is 4.68 Å². The van der Waals surface area contributed by atoms with Crippen LogP contribution in [0.1, 0.15) is 11.6 Å². The van der Waals surface area contributed by atoms with Gasteiger partial charge < -0.3 is 57.8 Å². The molecule has 0 unspecified atom stereocenters. The number of hydrogen-bond acceptors (Lipinski definition) is 15. The average Bonchev–Trinajstić information content (AvgIpc) is 3.31. The van der Waals surface area contributed by atoms with Crippen LogP contribution in [0.2, 0.25) is 0 Å². The standard InChI is InChI=1S/C10H10N14O8/c11-5-7(21(25)26)16-18(9(5)23(29)30)1-3-14-15-4(20(3)13)2-19-10(24(31)32)6(12)8(17-19)22(27)28/h1-2,11-13H2. The minimum atomic E-state index is -1.02. The van der Waals surface area contributed by atoms with Crippen LogP contribution < -0.4 is 17.3 Å². The van der Waals surface area contributed by atoms with Crippen molar-refractivity contribution in [3.8, 4) is 0 Å². The van der Waals surface area contributed by atoms with E-state index in [0.717, 1.165) is 4.68 Å². The van der Waals surface area contributed by atoms with Crippen molar-refractivity contribution in [1.29, 1.82) is 0 Å². The van der Waals surface area contributed by atoms with Crippen molar-refractivity contribution in [2.24, 2.45) is 0 Å². The summed E-state index contributed by atoms with van der Waals surface area (Å²) in [4.78, 5) is 40.3. The number of aromatic nitrogens is 7. The van der Waals surface area contributed by atoms with Crippen LogP contribution in [0.3, 0.4) is 0 Å². The number of rotatable bonds is 8. The highest BCUT2D eigenvalue weighted by Gasteiger charge is 2.38. The fraction of sp³-hybridized carbons (Fsp3) is 0.200. The van der Waals surface area contributed by atoms with Gasteiger partial charge in [0, 0.05) is 0 Å². The summed E-state index contributed by atoms with van der Waals surface area (Å²) in [5.74, 6) is 1.63. The van der Waals surface area contributed by atoms with Gasteiger partial charge >= 0.3 is 23.3 Å². The van der Waals surface area contributed by atoms with E-state index < -0.39 is 67.4 Å². The minimum absolute atomic E-state index is 0.224. The van der Waals surface area contributed by atoms with Crippen LogP contribution in [0, 0.1) is 40.5 Å². The van der Waals surface area contributed by atoms with Crippen LogP contribution in [0.15, 0.2) is 0 Å². The molecule has 3 rings (SSSR count). The van der Waals surface area contributed by atoms with Crippen molar-refractivity contribution in [3.63, 3.8) is 0 Å². The van der Waals surface area contributed by atoms with E-state index in [9.17, 15) is 40.5 Å². The van der Waals surface area contributed by atoms with Crippen molar-refractivity contribution in [2.75, 3.05) is 17.3 Å². The van der Waals surface area contributed by atoms with E-state index in [2.05, 4.69) is 20.4 Å². The molecular formula is C10H10N14O8. The quantitative estimate of drug-likeness (QED) is 0.193. The number of anilines is 2.